The molecule has 0 unspecified atom stereocenters. The molecule has 2 aromatic rings. The van der Waals surface area contributed by atoms with Crippen LogP contribution in [-0.4, -0.2) is 48.5 Å². The molecule has 0 radical (unpaired) electrons. The van der Waals surface area contributed by atoms with Gasteiger partial charge in [0.1, 0.15) is 6.04 Å². The Morgan fingerprint density at radius 3 is 2.58 bits per heavy atom. The summed E-state index contributed by atoms with van der Waals surface area (Å²) < 4.78 is 10.6. The number of rotatable bonds is 6. The number of hydrogen-bond donors (Lipinski definition) is 1. The number of nitrogens with zero attached hydrogens (tertiary/aromatic N) is 2. The number of hydrogen-bond acceptors (Lipinski definition) is 6. The van der Waals surface area contributed by atoms with E-state index in [1.165, 1.54) is 17.8 Å². The molecule has 0 spiro atoms. The lowest BCUT2D eigenvalue weighted by Crippen LogP contribution is -2.46. The van der Waals surface area contributed by atoms with Crippen molar-refractivity contribution in [3.05, 3.63) is 23.6 Å². The number of ether oxygens (including phenoxy) is 2. The van der Waals surface area contributed by atoms with Gasteiger partial charge in [0.15, 0.2) is 16.6 Å². The SMILES string of the molecule is COc1ccc(-c2csc(NC(=O)[C@@H]3CCCN3C(=O)C3CCCCC3)n2)cc1OC. The molecule has 1 N–H and O–H groups in total. The van der Waals surface area contributed by atoms with Crippen LogP contribution in [0.25, 0.3) is 11.3 Å². The van der Waals surface area contributed by atoms with Crippen LogP contribution in [0.2, 0.25) is 0 Å². The molecule has 2 amide bonds. The highest BCUT2D eigenvalue weighted by Gasteiger charge is 2.37. The van der Waals surface area contributed by atoms with Gasteiger partial charge in [0, 0.05) is 23.4 Å². The number of amides is 2. The van der Waals surface area contributed by atoms with Crippen LogP contribution >= 0.6 is 11.3 Å². The predicted octanol–water partition coefficient (Wildman–Crippen LogP) is 4.34. The number of carbonyl (C=O) groups excluding carboxylic acids is 2. The van der Waals surface area contributed by atoms with Crippen molar-refractivity contribution in [2.24, 2.45) is 5.92 Å². The standard InChI is InChI=1S/C23H29N3O4S/c1-29-19-11-10-16(13-20(19)30-2)17-14-31-23(24-17)25-21(27)18-9-6-12-26(18)22(28)15-7-4-3-5-8-15/h10-11,13-15,18H,3-9,12H2,1-2H3,(H,24,25,27)/t18-/m0/s1. The summed E-state index contributed by atoms with van der Waals surface area (Å²) >= 11 is 1.37. The average molecular weight is 444 g/mol. The van der Waals surface area contributed by atoms with Crippen LogP contribution in [0.15, 0.2) is 23.6 Å². The van der Waals surface area contributed by atoms with Gasteiger partial charge in [-0.25, -0.2) is 4.98 Å². The van der Waals surface area contributed by atoms with Crippen LogP contribution in [0.1, 0.15) is 44.9 Å². The molecule has 8 heteroatoms. The highest BCUT2D eigenvalue weighted by Crippen LogP contribution is 2.34. The van der Waals surface area contributed by atoms with Crippen molar-refractivity contribution in [2.75, 3.05) is 26.1 Å². The van der Waals surface area contributed by atoms with E-state index in [2.05, 4.69) is 10.3 Å². The minimum atomic E-state index is -0.400. The van der Waals surface area contributed by atoms with Crippen molar-refractivity contribution >= 4 is 28.3 Å². The maximum absolute atomic E-state index is 13.0. The summed E-state index contributed by atoms with van der Waals surface area (Å²) in [7, 11) is 3.19. The third kappa shape index (κ3) is 4.69. The van der Waals surface area contributed by atoms with Gasteiger partial charge in [-0.2, -0.15) is 0 Å². The van der Waals surface area contributed by atoms with Crippen LogP contribution in [0, 0.1) is 5.92 Å². The van der Waals surface area contributed by atoms with E-state index in [-0.39, 0.29) is 17.7 Å². The summed E-state index contributed by atoms with van der Waals surface area (Å²) in [5.74, 6) is 1.37. The van der Waals surface area contributed by atoms with Crippen molar-refractivity contribution < 1.29 is 19.1 Å². The van der Waals surface area contributed by atoms with Gasteiger partial charge >= 0.3 is 0 Å². The Labute approximate surface area is 186 Å². The lowest BCUT2D eigenvalue weighted by Gasteiger charge is -2.29. The molecule has 2 aliphatic rings. The zero-order valence-corrected chi connectivity index (χ0v) is 18.9. The Morgan fingerprint density at radius 2 is 1.84 bits per heavy atom. The maximum Gasteiger partial charge on any atom is 0.248 e. The van der Waals surface area contributed by atoms with Crippen LogP contribution in [0.5, 0.6) is 11.5 Å². The summed E-state index contributed by atoms with van der Waals surface area (Å²) in [5.41, 5.74) is 1.63. The van der Waals surface area contributed by atoms with Crippen LogP contribution in [0.4, 0.5) is 5.13 Å². The lowest BCUT2D eigenvalue weighted by molar-refractivity contribution is -0.141. The van der Waals surface area contributed by atoms with Gasteiger partial charge in [0.25, 0.3) is 0 Å². The van der Waals surface area contributed by atoms with E-state index in [0.717, 1.165) is 43.4 Å². The third-order valence-electron chi connectivity index (χ3n) is 6.21. The molecule has 1 aromatic carbocycles. The fourth-order valence-corrected chi connectivity index (χ4v) is 5.26. The summed E-state index contributed by atoms with van der Waals surface area (Å²) in [6.45, 7) is 0.669. The van der Waals surface area contributed by atoms with E-state index in [1.807, 2.05) is 23.6 Å². The van der Waals surface area contributed by atoms with Gasteiger partial charge in [-0.05, 0) is 43.9 Å². The number of nitrogens with one attached hydrogen (secondary N) is 1. The first kappa shape index (κ1) is 21.6. The molecule has 1 aliphatic heterocycles. The van der Waals surface area contributed by atoms with Crippen molar-refractivity contribution in [3.63, 3.8) is 0 Å². The molecule has 0 bridgehead atoms. The summed E-state index contributed by atoms with van der Waals surface area (Å²) in [5, 5.41) is 5.36. The van der Waals surface area contributed by atoms with E-state index in [0.29, 0.717) is 29.6 Å². The number of likely N-dealkylation sites (tertiary alicyclic amines) is 1. The molecule has 1 aliphatic carbocycles. The van der Waals surface area contributed by atoms with E-state index in [1.54, 1.807) is 19.1 Å². The number of anilines is 1. The van der Waals surface area contributed by atoms with Crippen LogP contribution in [-0.2, 0) is 9.59 Å². The summed E-state index contributed by atoms with van der Waals surface area (Å²) in [6, 6.07) is 5.20. The van der Waals surface area contributed by atoms with Crippen LogP contribution in [0.3, 0.4) is 0 Å². The van der Waals surface area contributed by atoms with Gasteiger partial charge in [0.2, 0.25) is 11.8 Å². The zero-order chi connectivity index (χ0) is 21.8. The van der Waals surface area contributed by atoms with Gasteiger partial charge in [0.05, 0.1) is 19.9 Å². The minimum Gasteiger partial charge on any atom is -0.493 e. The molecule has 7 nitrogen and oxygen atoms in total. The number of aromatic nitrogens is 1. The van der Waals surface area contributed by atoms with Gasteiger partial charge in [-0.15, -0.1) is 11.3 Å². The van der Waals surface area contributed by atoms with E-state index < -0.39 is 6.04 Å². The second kappa shape index (κ2) is 9.68. The van der Waals surface area contributed by atoms with Crippen molar-refractivity contribution in [2.45, 2.75) is 51.0 Å². The molecule has 31 heavy (non-hydrogen) atoms. The number of carbonyl (C=O) groups is 2. The highest BCUT2D eigenvalue weighted by atomic mass is 32.1. The number of methoxy groups -OCH3 is 2. The number of thiazole rings is 1. The Bertz CT molecular complexity index is 939. The minimum absolute atomic E-state index is 0.0821. The maximum atomic E-state index is 13.0. The lowest BCUT2D eigenvalue weighted by atomic mass is 9.88. The predicted molar refractivity (Wildman–Crippen MR) is 121 cm³/mol. The topological polar surface area (TPSA) is 80.8 Å². The van der Waals surface area contributed by atoms with Crippen LogP contribution < -0.4 is 14.8 Å². The Kier molecular flexibility index (Phi) is 6.75. The fourth-order valence-electron chi connectivity index (χ4n) is 4.54. The molecule has 2 heterocycles. The molecule has 1 aromatic heterocycles. The highest BCUT2D eigenvalue weighted by molar-refractivity contribution is 7.14. The second-order valence-electron chi connectivity index (χ2n) is 8.12. The van der Waals surface area contributed by atoms with E-state index >= 15 is 0 Å². The Hall–Kier alpha value is -2.61. The van der Waals surface area contributed by atoms with Crippen molar-refractivity contribution in [1.29, 1.82) is 0 Å². The second-order valence-corrected chi connectivity index (χ2v) is 8.98. The molecule has 4 rings (SSSR count). The Morgan fingerprint density at radius 1 is 1.06 bits per heavy atom. The van der Waals surface area contributed by atoms with Gasteiger partial charge in [-0.1, -0.05) is 19.3 Å². The first-order chi connectivity index (χ1) is 15.1. The fraction of sp³-hybridized carbons (Fsp3) is 0.522. The quantitative estimate of drug-likeness (QED) is 0.718. The van der Waals surface area contributed by atoms with Crippen molar-refractivity contribution in [1.82, 2.24) is 9.88 Å². The summed E-state index contributed by atoms with van der Waals surface area (Å²) in [6.07, 6.45) is 6.90. The normalized spacial score (nSPS) is 19.3. The number of benzene rings is 1. The smallest absolute Gasteiger partial charge is 0.248 e. The van der Waals surface area contributed by atoms with Gasteiger partial charge in [-0.3, -0.25) is 9.59 Å². The molecular weight excluding hydrogens is 414 g/mol. The van der Waals surface area contributed by atoms with E-state index in [9.17, 15) is 9.59 Å². The Balaban J connectivity index is 1.43. The molecule has 1 atom stereocenters. The first-order valence-corrected chi connectivity index (χ1v) is 11.8. The van der Waals surface area contributed by atoms with Crippen molar-refractivity contribution in [3.8, 4) is 22.8 Å². The largest absolute Gasteiger partial charge is 0.493 e. The van der Waals surface area contributed by atoms with E-state index in [4.69, 9.17) is 9.47 Å². The first-order valence-electron chi connectivity index (χ1n) is 10.9. The molecular formula is C23H29N3O4S. The molecule has 1 saturated heterocycles. The monoisotopic (exact) mass is 443 g/mol. The van der Waals surface area contributed by atoms with Gasteiger partial charge < -0.3 is 19.7 Å². The third-order valence-corrected chi connectivity index (χ3v) is 6.96. The average Bonchev–Trinajstić information content (AvgIpc) is 3.48. The molecule has 1 saturated carbocycles. The zero-order valence-electron chi connectivity index (χ0n) is 18.1. The summed E-state index contributed by atoms with van der Waals surface area (Å²) in [4.78, 5) is 32.3. The molecule has 2 fully saturated rings. The molecule has 166 valence electrons.